The molecule has 1 aromatic carbocycles. The van der Waals surface area contributed by atoms with Crippen molar-refractivity contribution >= 4 is 29.4 Å². The number of halogens is 1. The minimum atomic E-state index is -0.515. The van der Waals surface area contributed by atoms with Gasteiger partial charge in [0.25, 0.3) is 11.6 Å². The Morgan fingerprint density at radius 1 is 1.31 bits per heavy atom. The highest BCUT2D eigenvalue weighted by molar-refractivity contribution is 6.33. The number of nitro groups is 1. The van der Waals surface area contributed by atoms with Crippen molar-refractivity contribution in [3.05, 3.63) is 81.3 Å². The van der Waals surface area contributed by atoms with Crippen molar-refractivity contribution in [1.82, 2.24) is 10.4 Å². The molecule has 0 spiro atoms. The number of nitrogens with one attached hydrogen (secondary N) is 1. The van der Waals surface area contributed by atoms with Gasteiger partial charge in [0.15, 0.2) is 0 Å². The van der Waals surface area contributed by atoms with Gasteiger partial charge >= 0.3 is 0 Å². The summed E-state index contributed by atoms with van der Waals surface area (Å²) in [6.07, 6.45) is 4.28. The third-order valence-corrected chi connectivity index (χ3v) is 3.66. The molecule has 0 saturated heterocycles. The number of furan rings is 1. The number of aromatic nitrogens is 1. The number of carbonyl (C=O) groups is 1. The molecule has 0 aliphatic heterocycles. The second kappa shape index (κ2) is 7.58. The predicted molar refractivity (Wildman–Crippen MR) is 95.1 cm³/mol. The summed E-state index contributed by atoms with van der Waals surface area (Å²) >= 11 is 6.08. The van der Waals surface area contributed by atoms with Gasteiger partial charge in [-0.1, -0.05) is 11.6 Å². The minimum Gasteiger partial charge on any atom is -0.455 e. The van der Waals surface area contributed by atoms with Crippen LogP contribution in [0.3, 0.4) is 0 Å². The van der Waals surface area contributed by atoms with Gasteiger partial charge in [-0.15, -0.1) is 0 Å². The van der Waals surface area contributed by atoms with Gasteiger partial charge in [-0.05, 0) is 30.3 Å². The maximum Gasteiger partial charge on any atom is 0.272 e. The molecule has 0 radical (unpaired) electrons. The average Bonchev–Trinajstić information content (AvgIpc) is 3.11. The molecule has 2 heterocycles. The second-order valence-corrected chi connectivity index (χ2v) is 5.47. The minimum absolute atomic E-state index is 0.0975. The molecule has 8 nitrogen and oxygen atoms in total. The predicted octanol–water partition coefficient (Wildman–Crippen LogP) is 3.67. The molecule has 2 aromatic heterocycles. The van der Waals surface area contributed by atoms with E-state index in [1.54, 1.807) is 30.5 Å². The third kappa shape index (κ3) is 3.93. The lowest BCUT2D eigenvalue weighted by molar-refractivity contribution is -0.384. The molecule has 26 heavy (non-hydrogen) atoms. The van der Waals surface area contributed by atoms with Gasteiger partial charge in [-0.3, -0.25) is 19.9 Å². The van der Waals surface area contributed by atoms with Gasteiger partial charge in [0.05, 0.1) is 21.7 Å². The molecule has 0 bridgehead atoms. The van der Waals surface area contributed by atoms with Crippen LogP contribution in [0, 0.1) is 10.1 Å². The number of hydrogen-bond donors (Lipinski definition) is 1. The van der Waals surface area contributed by atoms with Crippen molar-refractivity contribution in [2.45, 2.75) is 0 Å². The van der Waals surface area contributed by atoms with Crippen molar-refractivity contribution < 1.29 is 14.1 Å². The molecule has 3 rings (SSSR count). The smallest absolute Gasteiger partial charge is 0.272 e. The summed E-state index contributed by atoms with van der Waals surface area (Å²) in [6, 6.07) is 10.5. The maximum absolute atomic E-state index is 11.8. The van der Waals surface area contributed by atoms with Crippen LogP contribution in [0.4, 0.5) is 5.69 Å². The highest BCUT2D eigenvalue weighted by Gasteiger charge is 2.14. The molecule has 0 atom stereocenters. The number of benzene rings is 1. The van der Waals surface area contributed by atoms with Crippen LogP contribution in [0.1, 0.15) is 16.1 Å². The molecular weight excluding hydrogens is 360 g/mol. The highest BCUT2D eigenvalue weighted by atomic mass is 35.5. The third-order valence-electron chi connectivity index (χ3n) is 3.33. The first-order valence-corrected chi connectivity index (χ1v) is 7.70. The van der Waals surface area contributed by atoms with Gasteiger partial charge in [-0.25, -0.2) is 5.43 Å². The van der Waals surface area contributed by atoms with E-state index in [-0.39, 0.29) is 5.69 Å². The molecule has 3 aromatic rings. The largest absolute Gasteiger partial charge is 0.455 e. The second-order valence-electron chi connectivity index (χ2n) is 5.06. The fourth-order valence-electron chi connectivity index (χ4n) is 2.10. The summed E-state index contributed by atoms with van der Waals surface area (Å²) in [6.45, 7) is 0. The highest BCUT2D eigenvalue weighted by Crippen LogP contribution is 2.32. The Labute approximate surface area is 152 Å². The van der Waals surface area contributed by atoms with Gasteiger partial charge in [-0.2, -0.15) is 5.10 Å². The lowest BCUT2D eigenvalue weighted by atomic mass is 10.1. The van der Waals surface area contributed by atoms with Crippen molar-refractivity contribution in [2.75, 3.05) is 0 Å². The van der Waals surface area contributed by atoms with Crippen molar-refractivity contribution in [3.8, 4) is 11.3 Å². The fraction of sp³-hybridized carbons (Fsp3) is 0. The Morgan fingerprint density at radius 2 is 2.15 bits per heavy atom. The van der Waals surface area contributed by atoms with Gasteiger partial charge in [0, 0.05) is 30.1 Å². The lowest BCUT2D eigenvalue weighted by Crippen LogP contribution is -2.17. The molecule has 1 N–H and O–H groups in total. The number of hydrazone groups is 1. The van der Waals surface area contributed by atoms with E-state index in [1.807, 2.05) is 0 Å². The number of nitro benzene ring substituents is 1. The molecule has 0 saturated carbocycles. The Hall–Kier alpha value is -3.52. The normalized spacial score (nSPS) is 10.8. The number of pyridine rings is 1. The quantitative estimate of drug-likeness (QED) is 0.418. The van der Waals surface area contributed by atoms with E-state index in [1.165, 1.54) is 30.6 Å². The van der Waals surface area contributed by atoms with E-state index < -0.39 is 10.8 Å². The lowest BCUT2D eigenvalue weighted by Gasteiger charge is -2.00. The average molecular weight is 371 g/mol. The zero-order valence-corrected chi connectivity index (χ0v) is 13.9. The maximum atomic E-state index is 11.8. The van der Waals surface area contributed by atoms with Gasteiger partial charge < -0.3 is 4.42 Å². The zero-order valence-electron chi connectivity index (χ0n) is 13.1. The van der Waals surface area contributed by atoms with E-state index in [9.17, 15) is 14.9 Å². The molecule has 9 heteroatoms. The van der Waals surface area contributed by atoms with E-state index in [0.717, 1.165) is 0 Å². The molecule has 1 amide bonds. The first-order valence-electron chi connectivity index (χ1n) is 7.32. The van der Waals surface area contributed by atoms with Crippen LogP contribution in [0.5, 0.6) is 0 Å². The number of rotatable bonds is 5. The number of carbonyl (C=O) groups excluding carboxylic acids is 1. The first-order chi connectivity index (χ1) is 12.5. The van der Waals surface area contributed by atoms with E-state index in [2.05, 4.69) is 15.5 Å². The van der Waals surface area contributed by atoms with Gasteiger partial charge in [0.2, 0.25) is 0 Å². The van der Waals surface area contributed by atoms with Crippen LogP contribution in [0.2, 0.25) is 5.02 Å². The van der Waals surface area contributed by atoms with E-state index in [0.29, 0.717) is 27.7 Å². The van der Waals surface area contributed by atoms with Crippen molar-refractivity contribution in [2.24, 2.45) is 5.10 Å². The van der Waals surface area contributed by atoms with Crippen LogP contribution in [0.15, 0.2) is 64.4 Å². The van der Waals surface area contributed by atoms with E-state index in [4.69, 9.17) is 16.0 Å². The Balaban J connectivity index is 1.73. The van der Waals surface area contributed by atoms with Crippen molar-refractivity contribution in [3.63, 3.8) is 0 Å². The van der Waals surface area contributed by atoms with Crippen LogP contribution in [-0.4, -0.2) is 22.0 Å². The summed E-state index contributed by atoms with van der Waals surface area (Å²) in [5, 5.41) is 15.0. The Kier molecular flexibility index (Phi) is 5.04. The summed E-state index contributed by atoms with van der Waals surface area (Å²) in [5.41, 5.74) is 3.01. The van der Waals surface area contributed by atoms with Crippen LogP contribution >= 0.6 is 11.6 Å². The molecular formula is C17H11ClN4O4. The SMILES string of the molecule is O=C(N/N=C/c1ccc(-c2cc([N+](=O)[O-])ccc2Cl)o1)c1cccnc1. The monoisotopic (exact) mass is 370 g/mol. The zero-order chi connectivity index (χ0) is 18.5. The summed E-state index contributed by atoms with van der Waals surface area (Å²) < 4.78 is 5.55. The van der Waals surface area contributed by atoms with Crippen LogP contribution in [-0.2, 0) is 0 Å². The summed E-state index contributed by atoms with van der Waals surface area (Å²) in [4.78, 5) is 26.1. The Bertz CT molecular complexity index is 985. The topological polar surface area (TPSA) is 111 Å². The molecule has 0 aliphatic carbocycles. The molecule has 0 fully saturated rings. The summed E-state index contributed by atoms with van der Waals surface area (Å²) in [7, 11) is 0. The number of hydrogen-bond acceptors (Lipinski definition) is 6. The fourth-order valence-corrected chi connectivity index (χ4v) is 2.31. The Morgan fingerprint density at radius 3 is 2.88 bits per heavy atom. The van der Waals surface area contributed by atoms with Crippen molar-refractivity contribution in [1.29, 1.82) is 0 Å². The number of non-ortho nitro benzene ring substituents is 1. The van der Waals surface area contributed by atoms with Crippen LogP contribution < -0.4 is 5.43 Å². The van der Waals surface area contributed by atoms with Gasteiger partial charge in [0.1, 0.15) is 11.5 Å². The molecule has 0 unspecified atom stereocenters. The number of amides is 1. The molecule has 130 valence electrons. The van der Waals surface area contributed by atoms with Crippen LogP contribution in [0.25, 0.3) is 11.3 Å². The summed E-state index contributed by atoms with van der Waals surface area (Å²) in [5.74, 6) is 0.274. The standard InChI is InChI=1S/C17H11ClN4O4/c18-15-5-3-12(22(24)25)8-14(15)16-6-4-13(26-16)10-20-21-17(23)11-2-1-7-19-9-11/h1-10H,(H,21,23)/b20-10+. The first kappa shape index (κ1) is 17.3. The molecule has 0 aliphatic rings. The van der Waals surface area contributed by atoms with E-state index >= 15 is 0 Å². The number of nitrogens with zero attached hydrogens (tertiary/aromatic N) is 3.